The lowest BCUT2D eigenvalue weighted by Crippen LogP contribution is -2.69. The fraction of sp³-hybridized carbons (Fsp3) is 0.571. The number of hydrogen-bond donors (Lipinski definition) is 3. The van der Waals surface area contributed by atoms with Crippen molar-refractivity contribution >= 4 is 35.8 Å². The number of alkyl carbamates (subject to hydrolysis) is 1. The van der Waals surface area contributed by atoms with Gasteiger partial charge in [-0.1, -0.05) is 36.8 Å². The maximum absolute atomic E-state index is 12.8. The highest BCUT2D eigenvalue weighted by molar-refractivity contribution is 5.77. The van der Waals surface area contributed by atoms with E-state index >= 15 is 0 Å². The Bertz CT molecular complexity index is 1080. The van der Waals surface area contributed by atoms with Gasteiger partial charge in [-0.15, -0.1) is 0 Å². The van der Waals surface area contributed by atoms with E-state index in [1.54, 1.807) is 0 Å². The molecule has 2 rings (SSSR count). The Morgan fingerprint density at radius 1 is 0.786 bits per heavy atom. The van der Waals surface area contributed by atoms with Crippen molar-refractivity contribution in [1.29, 1.82) is 0 Å². The molecule has 1 fully saturated rings. The van der Waals surface area contributed by atoms with Gasteiger partial charge < -0.3 is 39.6 Å². The van der Waals surface area contributed by atoms with Gasteiger partial charge in [-0.3, -0.25) is 24.0 Å². The molecule has 0 aliphatic carbocycles. The van der Waals surface area contributed by atoms with Crippen molar-refractivity contribution in [1.82, 2.24) is 16.0 Å². The molecule has 0 aromatic heterocycles. The zero-order valence-corrected chi connectivity index (χ0v) is 24.2. The molecule has 0 unspecified atom stereocenters. The molecular formula is C28H39N3O11. The predicted molar refractivity (Wildman–Crippen MR) is 145 cm³/mol. The summed E-state index contributed by atoms with van der Waals surface area (Å²) in [5.74, 6) is -3.04. The van der Waals surface area contributed by atoms with Gasteiger partial charge in [-0.05, 0) is 18.4 Å². The summed E-state index contributed by atoms with van der Waals surface area (Å²) in [6, 6.07) is 8.16. The second-order valence-electron chi connectivity index (χ2n) is 9.64. The number of ether oxygens (including phenoxy) is 5. The molecule has 1 aliphatic rings. The van der Waals surface area contributed by atoms with Crippen molar-refractivity contribution in [3.63, 3.8) is 0 Å². The summed E-state index contributed by atoms with van der Waals surface area (Å²) in [7, 11) is 0. The first kappa shape index (κ1) is 34.0. The van der Waals surface area contributed by atoms with Crippen LogP contribution >= 0.6 is 0 Å². The summed E-state index contributed by atoms with van der Waals surface area (Å²) < 4.78 is 26.9. The van der Waals surface area contributed by atoms with Gasteiger partial charge in [0.1, 0.15) is 25.4 Å². The number of rotatable bonds is 14. The molecule has 232 valence electrons. The molecule has 0 radical (unpaired) electrons. The van der Waals surface area contributed by atoms with Crippen molar-refractivity contribution in [3.8, 4) is 0 Å². The van der Waals surface area contributed by atoms with Gasteiger partial charge in [-0.2, -0.15) is 0 Å². The van der Waals surface area contributed by atoms with E-state index in [-0.39, 0.29) is 19.6 Å². The lowest BCUT2D eigenvalue weighted by Gasteiger charge is -2.45. The topological polar surface area (TPSA) is 185 Å². The van der Waals surface area contributed by atoms with Crippen LogP contribution in [-0.4, -0.2) is 79.5 Å². The van der Waals surface area contributed by atoms with E-state index in [0.29, 0.717) is 25.8 Å². The first-order valence-corrected chi connectivity index (χ1v) is 13.6. The quantitative estimate of drug-likeness (QED) is 0.160. The second-order valence-corrected chi connectivity index (χ2v) is 9.64. The van der Waals surface area contributed by atoms with Crippen LogP contribution in [0.25, 0.3) is 0 Å². The predicted octanol–water partition coefficient (Wildman–Crippen LogP) is 1.25. The normalized spacial score (nSPS) is 21.3. The van der Waals surface area contributed by atoms with E-state index in [1.807, 2.05) is 30.3 Å². The highest BCUT2D eigenvalue weighted by Crippen LogP contribution is 2.26. The Morgan fingerprint density at radius 2 is 1.45 bits per heavy atom. The monoisotopic (exact) mass is 593 g/mol. The zero-order valence-electron chi connectivity index (χ0n) is 24.2. The molecule has 1 saturated heterocycles. The highest BCUT2D eigenvalue weighted by atomic mass is 16.6. The third-order valence-electron chi connectivity index (χ3n) is 5.98. The van der Waals surface area contributed by atoms with Crippen molar-refractivity contribution in [3.05, 3.63) is 35.9 Å². The molecular weight excluding hydrogens is 554 g/mol. The second kappa shape index (κ2) is 17.6. The summed E-state index contributed by atoms with van der Waals surface area (Å²) in [4.78, 5) is 71.8. The molecule has 1 heterocycles. The minimum Gasteiger partial charge on any atom is -0.463 e. The molecule has 0 bridgehead atoms. The van der Waals surface area contributed by atoms with Crippen LogP contribution in [0.1, 0.15) is 58.9 Å². The van der Waals surface area contributed by atoms with Crippen LogP contribution in [0.15, 0.2) is 30.3 Å². The fourth-order valence-corrected chi connectivity index (χ4v) is 4.24. The average molecular weight is 594 g/mol. The Morgan fingerprint density at radius 3 is 2.07 bits per heavy atom. The number of carbonyl (C=O) groups excluding carboxylic acids is 6. The van der Waals surface area contributed by atoms with E-state index in [0.717, 1.165) is 19.4 Å². The Hall–Kier alpha value is -4.20. The molecule has 3 N–H and O–H groups in total. The van der Waals surface area contributed by atoms with E-state index < -0.39 is 66.4 Å². The Balaban J connectivity index is 1.93. The minimum atomic E-state index is -1.26. The number of unbranched alkanes of at least 4 members (excludes halogenated alkanes) is 2. The maximum atomic E-state index is 12.8. The van der Waals surface area contributed by atoms with E-state index in [2.05, 4.69) is 16.0 Å². The highest BCUT2D eigenvalue weighted by Gasteiger charge is 2.51. The van der Waals surface area contributed by atoms with Gasteiger partial charge in [0.25, 0.3) is 0 Å². The molecule has 0 saturated carbocycles. The molecule has 1 aliphatic heterocycles. The van der Waals surface area contributed by atoms with Crippen LogP contribution in [0.2, 0.25) is 0 Å². The molecule has 3 amide bonds. The number of carbonyl (C=O) groups is 6. The molecule has 42 heavy (non-hydrogen) atoms. The van der Waals surface area contributed by atoms with Crippen molar-refractivity contribution in [2.45, 2.75) is 90.6 Å². The van der Waals surface area contributed by atoms with Crippen LogP contribution < -0.4 is 16.0 Å². The van der Waals surface area contributed by atoms with Gasteiger partial charge >= 0.3 is 24.0 Å². The van der Waals surface area contributed by atoms with Gasteiger partial charge in [-0.25, -0.2) is 4.79 Å². The van der Waals surface area contributed by atoms with Gasteiger partial charge in [0.05, 0.1) is 0 Å². The smallest absolute Gasteiger partial charge is 0.407 e. The average Bonchev–Trinajstić information content (AvgIpc) is 2.91. The van der Waals surface area contributed by atoms with Crippen LogP contribution in [-0.2, 0) is 54.3 Å². The van der Waals surface area contributed by atoms with Crippen LogP contribution in [0.5, 0.6) is 0 Å². The molecule has 0 spiro atoms. The van der Waals surface area contributed by atoms with E-state index in [4.69, 9.17) is 23.7 Å². The van der Waals surface area contributed by atoms with Gasteiger partial charge in [0.2, 0.25) is 11.8 Å². The summed E-state index contributed by atoms with van der Waals surface area (Å²) in [5, 5.41) is 7.92. The van der Waals surface area contributed by atoms with Crippen LogP contribution in [0, 0.1) is 0 Å². The molecule has 5 atom stereocenters. The number of benzene rings is 1. The molecule has 14 heteroatoms. The summed E-state index contributed by atoms with van der Waals surface area (Å²) >= 11 is 0. The fourth-order valence-electron chi connectivity index (χ4n) is 4.24. The summed E-state index contributed by atoms with van der Waals surface area (Å²) in [6.45, 7) is 4.83. The number of esters is 3. The first-order chi connectivity index (χ1) is 20.0. The molecule has 1 aromatic carbocycles. The van der Waals surface area contributed by atoms with Crippen LogP contribution in [0.4, 0.5) is 4.79 Å². The number of hydrogen-bond acceptors (Lipinski definition) is 11. The third kappa shape index (κ3) is 12.5. The minimum absolute atomic E-state index is 0.0886. The summed E-state index contributed by atoms with van der Waals surface area (Å²) in [6.07, 6.45) is -3.59. The van der Waals surface area contributed by atoms with Crippen molar-refractivity contribution in [2.24, 2.45) is 0 Å². The lowest BCUT2D eigenvalue weighted by atomic mass is 9.95. The van der Waals surface area contributed by atoms with Crippen LogP contribution in [0.3, 0.4) is 0 Å². The first-order valence-electron chi connectivity index (χ1n) is 13.6. The largest absolute Gasteiger partial charge is 0.463 e. The third-order valence-corrected chi connectivity index (χ3v) is 5.98. The number of amides is 3. The van der Waals surface area contributed by atoms with Crippen molar-refractivity contribution < 1.29 is 52.5 Å². The molecule has 14 nitrogen and oxygen atoms in total. The SMILES string of the molecule is CC(=O)N[C@@H]1[C@@H](OC(C)=O)[C@H](OC(C)=O)[C@@H](COC(C)=O)O[C@H]1NC(=O)CCCCCNC(=O)OCc1ccccc1. The van der Waals surface area contributed by atoms with E-state index in [9.17, 15) is 28.8 Å². The van der Waals surface area contributed by atoms with Gasteiger partial charge in [0.15, 0.2) is 18.4 Å². The van der Waals surface area contributed by atoms with Gasteiger partial charge in [0, 0.05) is 40.7 Å². The lowest BCUT2D eigenvalue weighted by molar-refractivity contribution is -0.228. The zero-order chi connectivity index (χ0) is 31.1. The van der Waals surface area contributed by atoms with E-state index in [1.165, 1.54) is 13.8 Å². The van der Waals surface area contributed by atoms with Crippen molar-refractivity contribution in [2.75, 3.05) is 13.2 Å². The Labute approximate surface area is 244 Å². The Kier molecular flexibility index (Phi) is 14.2. The number of nitrogens with one attached hydrogen (secondary N) is 3. The summed E-state index contributed by atoms with van der Waals surface area (Å²) in [5.41, 5.74) is 0.875. The standard InChI is InChI=1S/C28H39N3O11/c1-17(32)30-24-26(41-20(4)35)25(40-19(3)34)22(16-38-18(2)33)42-27(24)31-23(36)13-9-6-10-14-29-28(37)39-15-21-11-7-5-8-12-21/h5,7-8,11-12,22,24-27H,6,9-10,13-16H2,1-4H3,(H,29,37)(H,30,32)(H,31,36)/t22-,24-,25-,26-,27-/m1/s1. The maximum Gasteiger partial charge on any atom is 0.407 e. The molecule has 1 aromatic rings.